The Kier molecular flexibility index (Phi) is 3.47. The maximum Gasteiger partial charge on any atom is 0.354 e. The third kappa shape index (κ3) is 2.59. The van der Waals surface area contributed by atoms with Crippen LogP contribution in [0.3, 0.4) is 0 Å². The molecule has 0 amide bonds. The quantitative estimate of drug-likeness (QED) is 0.848. The molecule has 2 atom stereocenters. The summed E-state index contributed by atoms with van der Waals surface area (Å²) in [6.45, 7) is 7.03. The summed E-state index contributed by atoms with van der Waals surface area (Å²) in [6.07, 6.45) is 0.0959. The van der Waals surface area contributed by atoms with Crippen LogP contribution >= 0.6 is 0 Å². The number of rotatable bonds is 2. The number of hydrogen-bond acceptors (Lipinski definition) is 5. The average molecular weight is 251 g/mol. The number of carbonyl (C=O) groups is 1. The summed E-state index contributed by atoms with van der Waals surface area (Å²) >= 11 is 0. The van der Waals surface area contributed by atoms with Crippen molar-refractivity contribution in [3.8, 4) is 0 Å². The molecular formula is C12H17N3O3. The van der Waals surface area contributed by atoms with E-state index in [2.05, 4.69) is 9.97 Å². The standard InChI is InChI=1S/C12H17N3O3/c1-7-4-10(11(16)17)14-12(13-7)15-5-9(3)18-6-8(15)2/h4,8-9H,5-6H2,1-3H3,(H,16,17). The molecule has 0 aromatic carbocycles. The number of aromatic carboxylic acids is 1. The zero-order valence-corrected chi connectivity index (χ0v) is 10.8. The third-order valence-electron chi connectivity index (χ3n) is 2.93. The van der Waals surface area contributed by atoms with Gasteiger partial charge in [0.25, 0.3) is 0 Å². The van der Waals surface area contributed by atoms with Crippen molar-refractivity contribution in [3.05, 3.63) is 17.5 Å². The van der Waals surface area contributed by atoms with Gasteiger partial charge in [-0.25, -0.2) is 14.8 Å². The van der Waals surface area contributed by atoms with Crippen molar-refractivity contribution in [3.63, 3.8) is 0 Å². The SMILES string of the molecule is Cc1cc(C(=O)O)nc(N2CC(C)OCC2C)n1. The summed E-state index contributed by atoms with van der Waals surface area (Å²) in [4.78, 5) is 21.4. The first-order valence-electron chi connectivity index (χ1n) is 5.94. The molecule has 1 aromatic heterocycles. The fraction of sp³-hybridized carbons (Fsp3) is 0.583. The molecule has 6 heteroatoms. The predicted molar refractivity (Wildman–Crippen MR) is 66.0 cm³/mol. The van der Waals surface area contributed by atoms with Gasteiger partial charge in [0.15, 0.2) is 5.69 Å². The van der Waals surface area contributed by atoms with Crippen molar-refractivity contribution in [2.24, 2.45) is 0 Å². The summed E-state index contributed by atoms with van der Waals surface area (Å²) in [7, 11) is 0. The van der Waals surface area contributed by atoms with Crippen LogP contribution in [-0.4, -0.2) is 46.3 Å². The summed E-state index contributed by atoms with van der Waals surface area (Å²) in [5.41, 5.74) is 0.688. The highest BCUT2D eigenvalue weighted by atomic mass is 16.5. The van der Waals surface area contributed by atoms with Crippen molar-refractivity contribution in [2.45, 2.75) is 32.9 Å². The first kappa shape index (κ1) is 12.8. The number of ether oxygens (including phenoxy) is 1. The lowest BCUT2D eigenvalue weighted by atomic mass is 10.2. The Bertz CT molecular complexity index is 464. The maximum atomic E-state index is 11.0. The van der Waals surface area contributed by atoms with E-state index in [-0.39, 0.29) is 17.8 Å². The van der Waals surface area contributed by atoms with E-state index < -0.39 is 5.97 Å². The van der Waals surface area contributed by atoms with E-state index in [0.29, 0.717) is 24.8 Å². The highest BCUT2D eigenvalue weighted by molar-refractivity contribution is 5.85. The fourth-order valence-corrected chi connectivity index (χ4v) is 1.97. The van der Waals surface area contributed by atoms with E-state index >= 15 is 0 Å². The Hall–Kier alpha value is -1.69. The molecule has 0 radical (unpaired) electrons. The second kappa shape index (κ2) is 4.89. The number of morpholine rings is 1. The van der Waals surface area contributed by atoms with Crippen LogP contribution in [0.5, 0.6) is 0 Å². The van der Waals surface area contributed by atoms with Gasteiger partial charge in [-0.05, 0) is 26.8 Å². The zero-order chi connectivity index (χ0) is 13.3. The number of aryl methyl sites for hydroxylation is 1. The fourth-order valence-electron chi connectivity index (χ4n) is 1.97. The van der Waals surface area contributed by atoms with Crippen LogP contribution in [-0.2, 0) is 4.74 Å². The van der Waals surface area contributed by atoms with Crippen LogP contribution in [0.25, 0.3) is 0 Å². The van der Waals surface area contributed by atoms with Gasteiger partial charge >= 0.3 is 5.97 Å². The van der Waals surface area contributed by atoms with Crippen LogP contribution in [0.15, 0.2) is 6.07 Å². The Labute approximate surface area is 106 Å². The topological polar surface area (TPSA) is 75.5 Å². The summed E-state index contributed by atoms with van der Waals surface area (Å²) in [6, 6.07) is 1.62. The third-order valence-corrected chi connectivity index (χ3v) is 2.93. The molecule has 1 aliphatic heterocycles. The Morgan fingerprint density at radius 1 is 1.50 bits per heavy atom. The smallest absolute Gasteiger partial charge is 0.354 e. The summed E-state index contributed by atoms with van der Waals surface area (Å²) in [5, 5.41) is 9.02. The number of nitrogens with zero attached hydrogens (tertiary/aromatic N) is 3. The minimum Gasteiger partial charge on any atom is -0.477 e. The minimum absolute atomic E-state index is 0.0313. The molecule has 0 saturated carbocycles. The number of carboxylic acids is 1. The molecule has 1 saturated heterocycles. The second-order valence-corrected chi connectivity index (χ2v) is 4.65. The predicted octanol–water partition coefficient (Wildman–Crippen LogP) is 1.10. The molecular weight excluding hydrogens is 234 g/mol. The highest BCUT2D eigenvalue weighted by Gasteiger charge is 2.26. The van der Waals surface area contributed by atoms with Crippen LogP contribution in [0.1, 0.15) is 30.0 Å². The van der Waals surface area contributed by atoms with Crippen molar-refractivity contribution < 1.29 is 14.6 Å². The summed E-state index contributed by atoms with van der Waals surface area (Å²) < 4.78 is 5.54. The van der Waals surface area contributed by atoms with E-state index in [1.807, 2.05) is 18.7 Å². The molecule has 2 heterocycles. The Morgan fingerprint density at radius 3 is 2.89 bits per heavy atom. The molecule has 2 rings (SSSR count). The van der Waals surface area contributed by atoms with Crippen molar-refractivity contribution in [1.82, 2.24) is 9.97 Å². The Balaban J connectivity index is 2.34. The van der Waals surface area contributed by atoms with E-state index in [1.165, 1.54) is 6.07 Å². The molecule has 1 fully saturated rings. The normalized spacial score (nSPS) is 24.1. The molecule has 98 valence electrons. The lowest BCUT2D eigenvalue weighted by molar-refractivity contribution is 0.0336. The monoisotopic (exact) mass is 251 g/mol. The molecule has 1 aliphatic rings. The zero-order valence-electron chi connectivity index (χ0n) is 10.8. The number of aromatic nitrogens is 2. The number of carboxylic acid groups (broad SMARTS) is 1. The van der Waals surface area contributed by atoms with Crippen LogP contribution in [0, 0.1) is 6.92 Å². The second-order valence-electron chi connectivity index (χ2n) is 4.65. The molecule has 1 N–H and O–H groups in total. The van der Waals surface area contributed by atoms with Gasteiger partial charge in [0, 0.05) is 12.2 Å². The maximum absolute atomic E-state index is 11.0. The van der Waals surface area contributed by atoms with Crippen molar-refractivity contribution >= 4 is 11.9 Å². The molecule has 2 unspecified atom stereocenters. The lowest BCUT2D eigenvalue weighted by Gasteiger charge is -2.36. The van der Waals surface area contributed by atoms with Crippen LogP contribution in [0.4, 0.5) is 5.95 Å². The van der Waals surface area contributed by atoms with Crippen molar-refractivity contribution in [2.75, 3.05) is 18.1 Å². The molecule has 0 aliphatic carbocycles. The summed E-state index contributed by atoms with van der Waals surface area (Å²) in [5.74, 6) is -0.564. The molecule has 0 spiro atoms. The highest BCUT2D eigenvalue weighted by Crippen LogP contribution is 2.18. The van der Waals surface area contributed by atoms with Gasteiger partial charge in [-0.2, -0.15) is 0 Å². The van der Waals surface area contributed by atoms with Gasteiger partial charge in [-0.1, -0.05) is 0 Å². The first-order chi connectivity index (χ1) is 8.47. The van der Waals surface area contributed by atoms with E-state index in [9.17, 15) is 4.79 Å². The van der Waals surface area contributed by atoms with Gasteiger partial charge in [-0.15, -0.1) is 0 Å². The van der Waals surface area contributed by atoms with Crippen molar-refractivity contribution in [1.29, 1.82) is 0 Å². The molecule has 6 nitrogen and oxygen atoms in total. The van der Waals surface area contributed by atoms with Gasteiger partial charge in [0.2, 0.25) is 5.95 Å². The average Bonchev–Trinajstić information content (AvgIpc) is 2.31. The van der Waals surface area contributed by atoms with Gasteiger partial charge in [0.1, 0.15) is 0 Å². The largest absolute Gasteiger partial charge is 0.477 e. The van der Waals surface area contributed by atoms with E-state index in [1.54, 1.807) is 6.92 Å². The van der Waals surface area contributed by atoms with Gasteiger partial charge < -0.3 is 14.7 Å². The molecule has 0 bridgehead atoms. The van der Waals surface area contributed by atoms with E-state index in [4.69, 9.17) is 9.84 Å². The van der Waals surface area contributed by atoms with Crippen LogP contribution in [0.2, 0.25) is 0 Å². The van der Waals surface area contributed by atoms with Gasteiger partial charge in [0.05, 0.1) is 18.8 Å². The van der Waals surface area contributed by atoms with Crippen LogP contribution < -0.4 is 4.90 Å². The van der Waals surface area contributed by atoms with Gasteiger partial charge in [-0.3, -0.25) is 0 Å². The Morgan fingerprint density at radius 2 is 2.22 bits per heavy atom. The first-order valence-corrected chi connectivity index (χ1v) is 5.94. The molecule has 1 aromatic rings. The number of anilines is 1. The minimum atomic E-state index is -1.03. The van der Waals surface area contributed by atoms with E-state index in [0.717, 1.165) is 0 Å². The lowest BCUT2D eigenvalue weighted by Crippen LogP contribution is -2.48. The molecule has 18 heavy (non-hydrogen) atoms. The number of hydrogen-bond donors (Lipinski definition) is 1.